The van der Waals surface area contributed by atoms with Gasteiger partial charge in [0.05, 0.1) is 11.9 Å². The van der Waals surface area contributed by atoms with Crippen LogP contribution >= 0.6 is 24.0 Å². The fraction of sp³-hybridized carbons (Fsp3) is 0.632. The van der Waals surface area contributed by atoms with E-state index in [4.69, 9.17) is 4.99 Å². The summed E-state index contributed by atoms with van der Waals surface area (Å²) in [6, 6.07) is 0. The fourth-order valence-electron chi connectivity index (χ4n) is 3.54. The Balaban J connectivity index is 0.00000261. The Bertz CT molecular complexity index is 683. The molecule has 7 nitrogen and oxygen atoms in total. The highest BCUT2D eigenvalue weighted by atomic mass is 127. The molecule has 1 aliphatic carbocycles. The molecular weight excluding hydrogens is 455 g/mol. The Morgan fingerprint density at radius 2 is 2.19 bits per heavy atom. The molecule has 0 bridgehead atoms. The van der Waals surface area contributed by atoms with Crippen molar-refractivity contribution in [3.63, 3.8) is 0 Å². The number of hydrogen-bond acceptors (Lipinski definition) is 3. The van der Waals surface area contributed by atoms with Gasteiger partial charge in [-0.2, -0.15) is 5.10 Å². The second-order valence-corrected chi connectivity index (χ2v) is 6.93. The number of nitrogens with one attached hydrogen (secondary N) is 1. The van der Waals surface area contributed by atoms with Crippen LogP contribution in [0.2, 0.25) is 0 Å². The second kappa shape index (κ2) is 10.7. The lowest BCUT2D eigenvalue weighted by molar-refractivity contribution is -0.120. The summed E-state index contributed by atoms with van der Waals surface area (Å²) in [5, 5.41) is 7.50. The first-order valence-electron chi connectivity index (χ1n) is 9.67. The van der Waals surface area contributed by atoms with Crippen molar-refractivity contribution in [3.05, 3.63) is 24.0 Å². The van der Waals surface area contributed by atoms with Crippen LogP contribution in [0.25, 0.3) is 0 Å². The van der Waals surface area contributed by atoms with Crippen LogP contribution in [0.5, 0.6) is 0 Å². The van der Waals surface area contributed by atoms with Gasteiger partial charge in [-0.15, -0.1) is 24.0 Å². The first-order valence-corrected chi connectivity index (χ1v) is 9.67. The number of halogens is 1. The predicted octanol–water partition coefficient (Wildman–Crippen LogP) is 2.54. The van der Waals surface area contributed by atoms with Gasteiger partial charge in [-0.1, -0.05) is 11.6 Å². The second-order valence-electron chi connectivity index (χ2n) is 6.93. The van der Waals surface area contributed by atoms with Crippen molar-refractivity contribution in [2.24, 2.45) is 12.0 Å². The Hall–Kier alpha value is -1.58. The average molecular weight is 486 g/mol. The number of piperazine rings is 1. The molecule has 0 unspecified atom stereocenters. The number of carbonyl (C=O) groups excluding carboxylic acids is 1. The first kappa shape index (κ1) is 21.7. The van der Waals surface area contributed by atoms with Crippen LogP contribution < -0.4 is 10.2 Å². The van der Waals surface area contributed by atoms with E-state index in [1.807, 2.05) is 13.2 Å². The van der Waals surface area contributed by atoms with Crippen LogP contribution in [0.4, 0.5) is 5.69 Å². The minimum atomic E-state index is 0. The summed E-state index contributed by atoms with van der Waals surface area (Å²) in [4.78, 5) is 21.2. The van der Waals surface area contributed by atoms with Gasteiger partial charge in [0.2, 0.25) is 5.91 Å². The lowest BCUT2D eigenvalue weighted by atomic mass is 9.97. The van der Waals surface area contributed by atoms with Gasteiger partial charge in [-0.25, -0.2) is 0 Å². The lowest BCUT2D eigenvalue weighted by Crippen LogP contribution is -2.55. The monoisotopic (exact) mass is 486 g/mol. The molecule has 0 radical (unpaired) electrons. The minimum absolute atomic E-state index is 0. The molecular formula is C19H31IN6O. The van der Waals surface area contributed by atoms with Gasteiger partial charge in [0.25, 0.3) is 0 Å². The largest absolute Gasteiger partial charge is 0.357 e. The fourth-order valence-corrected chi connectivity index (χ4v) is 3.54. The van der Waals surface area contributed by atoms with Crippen molar-refractivity contribution in [2.75, 3.05) is 37.6 Å². The molecule has 27 heavy (non-hydrogen) atoms. The van der Waals surface area contributed by atoms with Gasteiger partial charge in [0, 0.05) is 39.4 Å². The summed E-state index contributed by atoms with van der Waals surface area (Å²) < 4.78 is 1.72. The number of nitrogens with zero attached hydrogens (tertiary/aromatic N) is 5. The predicted molar refractivity (Wildman–Crippen MR) is 120 cm³/mol. The van der Waals surface area contributed by atoms with Crippen LogP contribution in [0.15, 0.2) is 29.0 Å². The number of allylic oxidation sites excluding steroid dienone is 1. The van der Waals surface area contributed by atoms with Gasteiger partial charge in [0.15, 0.2) is 5.96 Å². The van der Waals surface area contributed by atoms with Crippen LogP contribution in [-0.2, 0) is 11.8 Å². The molecule has 2 aliphatic rings. The summed E-state index contributed by atoms with van der Waals surface area (Å²) in [5.74, 6) is 0.938. The summed E-state index contributed by atoms with van der Waals surface area (Å²) in [5.41, 5.74) is 2.40. The molecule has 3 rings (SSSR count). The third kappa shape index (κ3) is 5.95. The van der Waals surface area contributed by atoms with Crippen molar-refractivity contribution in [2.45, 2.75) is 39.0 Å². The molecule has 0 atom stereocenters. The molecule has 8 heteroatoms. The Kier molecular flexibility index (Phi) is 8.59. The normalized spacial score (nSPS) is 18.2. The average Bonchev–Trinajstić information content (AvgIpc) is 3.08. The smallest absolute Gasteiger partial charge is 0.246 e. The minimum Gasteiger partial charge on any atom is -0.357 e. The van der Waals surface area contributed by atoms with Gasteiger partial charge in [0.1, 0.15) is 6.54 Å². The molecule has 1 saturated heterocycles. The molecule has 150 valence electrons. The van der Waals surface area contributed by atoms with Crippen LogP contribution in [0.3, 0.4) is 0 Å². The summed E-state index contributed by atoms with van der Waals surface area (Å²) in [6.45, 7) is 5.43. The third-order valence-electron chi connectivity index (χ3n) is 4.94. The number of guanidine groups is 1. The maximum atomic E-state index is 12.6. The zero-order valence-corrected chi connectivity index (χ0v) is 18.7. The summed E-state index contributed by atoms with van der Waals surface area (Å²) in [6.07, 6.45) is 12.1. The van der Waals surface area contributed by atoms with Gasteiger partial charge >= 0.3 is 0 Å². The Morgan fingerprint density at radius 1 is 1.33 bits per heavy atom. The van der Waals surface area contributed by atoms with E-state index in [9.17, 15) is 4.79 Å². The Labute approximate surface area is 178 Å². The van der Waals surface area contributed by atoms with Crippen molar-refractivity contribution in [3.8, 4) is 0 Å². The maximum absolute atomic E-state index is 12.6. The van der Waals surface area contributed by atoms with E-state index in [0.717, 1.165) is 37.7 Å². The van der Waals surface area contributed by atoms with E-state index in [1.165, 1.54) is 31.3 Å². The number of amides is 1. The number of aryl methyl sites for hydroxylation is 1. The molecule has 1 aromatic rings. The first-order chi connectivity index (χ1) is 12.7. The van der Waals surface area contributed by atoms with Crippen molar-refractivity contribution < 1.29 is 4.79 Å². The SMILES string of the molecule is CCNC(=NCCC1=CCCCC1)N1CCN(c2cnn(C)c2)C(=O)C1.I. The van der Waals surface area contributed by atoms with E-state index < -0.39 is 0 Å². The molecule has 1 N–H and O–H groups in total. The number of aliphatic imine (C=N–C) groups is 1. The molecule has 1 aliphatic heterocycles. The zero-order chi connectivity index (χ0) is 18.4. The third-order valence-corrected chi connectivity index (χ3v) is 4.94. The van der Waals surface area contributed by atoms with Gasteiger partial charge in [-0.05, 0) is 39.0 Å². The van der Waals surface area contributed by atoms with Crippen LogP contribution in [-0.4, -0.2) is 59.3 Å². The number of anilines is 1. The number of hydrogen-bond donors (Lipinski definition) is 1. The number of carbonyl (C=O) groups is 1. The van der Waals surface area contributed by atoms with E-state index in [2.05, 4.69) is 28.3 Å². The number of aromatic nitrogens is 2. The van der Waals surface area contributed by atoms with E-state index in [-0.39, 0.29) is 29.9 Å². The highest BCUT2D eigenvalue weighted by molar-refractivity contribution is 14.0. The van der Waals surface area contributed by atoms with E-state index >= 15 is 0 Å². The van der Waals surface area contributed by atoms with Gasteiger partial charge < -0.3 is 15.1 Å². The molecule has 1 fully saturated rings. The highest BCUT2D eigenvalue weighted by Gasteiger charge is 2.27. The quantitative estimate of drug-likeness (QED) is 0.301. The standard InChI is InChI=1S/C19H30N6O.HI/c1-3-20-19(21-10-9-16-7-5-4-6-8-16)24-11-12-25(18(26)15-24)17-13-22-23(2)14-17;/h7,13-14H,3-6,8-12,15H2,1-2H3,(H,20,21);1H. The lowest BCUT2D eigenvalue weighted by Gasteiger charge is -2.35. The molecule has 1 aromatic heterocycles. The van der Waals surface area contributed by atoms with E-state index in [0.29, 0.717) is 13.1 Å². The van der Waals surface area contributed by atoms with E-state index in [1.54, 1.807) is 15.8 Å². The Morgan fingerprint density at radius 3 is 2.81 bits per heavy atom. The van der Waals surface area contributed by atoms with Crippen molar-refractivity contribution in [1.82, 2.24) is 20.0 Å². The summed E-state index contributed by atoms with van der Waals surface area (Å²) in [7, 11) is 1.86. The zero-order valence-electron chi connectivity index (χ0n) is 16.4. The topological polar surface area (TPSA) is 65.8 Å². The molecule has 0 saturated carbocycles. The number of rotatable bonds is 5. The van der Waals surface area contributed by atoms with Crippen LogP contribution in [0.1, 0.15) is 39.0 Å². The molecule has 2 heterocycles. The van der Waals surface area contributed by atoms with Crippen molar-refractivity contribution in [1.29, 1.82) is 0 Å². The van der Waals surface area contributed by atoms with Gasteiger partial charge in [-0.3, -0.25) is 14.5 Å². The summed E-state index contributed by atoms with van der Waals surface area (Å²) >= 11 is 0. The van der Waals surface area contributed by atoms with Crippen LogP contribution in [0, 0.1) is 0 Å². The molecule has 0 aromatic carbocycles. The highest BCUT2D eigenvalue weighted by Crippen LogP contribution is 2.20. The van der Waals surface area contributed by atoms with Crippen molar-refractivity contribution >= 4 is 41.5 Å². The maximum Gasteiger partial charge on any atom is 0.246 e. The molecule has 0 spiro atoms. The molecule has 1 amide bonds.